The van der Waals surface area contributed by atoms with Crippen LogP contribution in [-0.4, -0.2) is 40.3 Å². The first-order valence-corrected chi connectivity index (χ1v) is 8.43. The lowest BCUT2D eigenvalue weighted by atomic mass is 9.93. The van der Waals surface area contributed by atoms with E-state index in [2.05, 4.69) is 11.2 Å². The number of nitrogens with zero attached hydrogens (tertiary/aromatic N) is 4. The van der Waals surface area contributed by atoms with E-state index in [4.69, 9.17) is 10.00 Å². The summed E-state index contributed by atoms with van der Waals surface area (Å²) < 4.78 is 7.72. The fourth-order valence-electron chi connectivity index (χ4n) is 3.22. The Hall–Kier alpha value is -2.65. The molecule has 1 amide bonds. The molecule has 0 saturated carbocycles. The first-order valence-electron chi connectivity index (χ1n) is 8.43. The number of aryl methyl sites for hydroxylation is 1. The minimum Gasteiger partial charge on any atom is -0.367 e. The number of amides is 1. The number of nitriles is 1. The number of hydrogen-bond donors (Lipinski definition) is 0. The molecule has 1 fully saturated rings. The number of morpholine rings is 1. The second kappa shape index (κ2) is 7.08. The molecule has 1 aliphatic heterocycles. The fraction of sp³-hybridized carbons (Fsp3) is 0.421. The van der Waals surface area contributed by atoms with E-state index in [-0.39, 0.29) is 5.91 Å². The predicted molar refractivity (Wildman–Crippen MR) is 92.8 cm³/mol. The summed E-state index contributed by atoms with van der Waals surface area (Å²) in [5, 5.41) is 13.0. The maximum atomic E-state index is 13.0. The molecule has 6 nitrogen and oxygen atoms in total. The molecule has 6 heteroatoms. The smallest absolute Gasteiger partial charge is 0.257 e. The summed E-state index contributed by atoms with van der Waals surface area (Å²) in [6.45, 7) is 5.95. The van der Waals surface area contributed by atoms with Crippen LogP contribution >= 0.6 is 0 Å². The molecule has 2 aromatic rings. The highest BCUT2D eigenvalue weighted by molar-refractivity contribution is 5.95. The maximum Gasteiger partial charge on any atom is 0.257 e. The molecule has 130 valence electrons. The van der Waals surface area contributed by atoms with Crippen molar-refractivity contribution in [2.75, 3.05) is 19.7 Å². The van der Waals surface area contributed by atoms with Crippen LogP contribution in [0.5, 0.6) is 0 Å². The summed E-state index contributed by atoms with van der Waals surface area (Å²) in [7, 11) is 0. The van der Waals surface area contributed by atoms with Gasteiger partial charge in [-0.25, -0.2) is 0 Å². The Kier molecular flexibility index (Phi) is 4.86. The molecule has 0 spiro atoms. The van der Waals surface area contributed by atoms with Crippen LogP contribution < -0.4 is 0 Å². The van der Waals surface area contributed by atoms with Crippen molar-refractivity contribution in [2.24, 2.45) is 0 Å². The van der Waals surface area contributed by atoms with Gasteiger partial charge in [-0.1, -0.05) is 30.3 Å². The molecule has 2 heterocycles. The number of benzene rings is 1. The Morgan fingerprint density at radius 1 is 1.40 bits per heavy atom. The van der Waals surface area contributed by atoms with Crippen molar-refractivity contribution in [3.8, 4) is 6.07 Å². The van der Waals surface area contributed by atoms with Crippen LogP contribution in [0.2, 0.25) is 0 Å². The average Bonchev–Trinajstić information content (AvgIpc) is 3.00. The third kappa shape index (κ3) is 3.42. The van der Waals surface area contributed by atoms with Gasteiger partial charge >= 0.3 is 0 Å². The molecule has 1 aliphatic rings. The van der Waals surface area contributed by atoms with Crippen molar-refractivity contribution in [3.05, 3.63) is 53.3 Å². The van der Waals surface area contributed by atoms with E-state index in [1.807, 2.05) is 49.1 Å². The molecular weight excluding hydrogens is 316 g/mol. The highest BCUT2D eigenvalue weighted by Crippen LogP contribution is 2.30. The van der Waals surface area contributed by atoms with Gasteiger partial charge in [-0.15, -0.1) is 0 Å². The molecule has 0 bridgehead atoms. The maximum absolute atomic E-state index is 13.0. The van der Waals surface area contributed by atoms with Gasteiger partial charge < -0.3 is 9.64 Å². The van der Waals surface area contributed by atoms with Crippen molar-refractivity contribution in [1.82, 2.24) is 14.7 Å². The summed E-state index contributed by atoms with van der Waals surface area (Å²) in [5.74, 6) is -0.0360. The van der Waals surface area contributed by atoms with Gasteiger partial charge in [0.15, 0.2) is 0 Å². The standard InChI is InChI=1S/C19H22N4O2/c1-15-17(13-21-23(15)10-6-9-20)18(24)22-11-12-25-19(2,14-22)16-7-4-3-5-8-16/h3-5,7-8,13H,6,10-12,14H2,1-2H3. The molecule has 25 heavy (non-hydrogen) atoms. The normalized spacial score (nSPS) is 20.3. The Bertz CT molecular complexity index is 794. The van der Waals surface area contributed by atoms with Gasteiger partial charge in [0.1, 0.15) is 5.60 Å². The Balaban J connectivity index is 1.79. The van der Waals surface area contributed by atoms with E-state index in [9.17, 15) is 4.79 Å². The number of carbonyl (C=O) groups is 1. The van der Waals surface area contributed by atoms with Gasteiger partial charge in [-0.2, -0.15) is 10.4 Å². The number of aromatic nitrogens is 2. The quantitative estimate of drug-likeness (QED) is 0.859. The predicted octanol–water partition coefficient (Wildman–Crippen LogP) is 2.49. The minimum absolute atomic E-state index is 0.0360. The zero-order chi connectivity index (χ0) is 17.9. The summed E-state index contributed by atoms with van der Waals surface area (Å²) >= 11 is 0. The Morgan fingerprint density at radius 3 is 2.88 bits per heavy atom. The highest BCUT2D eigenvalue weighted by Gasteiger charge is 2.36. The number of carbonyl (C=O) groups excluding carboxylic acids is 1. The van der Waals surface area contributed by atoms with Crippen LogP contribution in [0, 0.1) is 18.3 Å². The van der Waals surface area contributed by atoms with Crippen LogP contribution in [0.15, 0.2) is 36.5 Å². The molecule has 1 aromatic carbocycles. The molecule has 1 atom stereocenters. The second-order valence-electron chi connectivity index (χ2n) is 6.45. The SMILES string of the molecule is Cc1c(C(=O)N2CCOC(C)(c3ccccc3)C2)cnn1CCC#N. The molecular formula is C19H22N4O2. The molecule has 0 radical (unpaired) electrons. The molecule has 1 saturated heterocycles. The molecule has 0 aliphatic carbocycles. The fourth-order valence-corrected chi connectivity index (χ4v) is 3.22. The van der Waals surface area contributed by atoms with Crippen molar-refractivity contribution in [3.63, 3.8) is 0 Å². The summed E-state index contributed by atoms with van der Waals surface area (Å²) in [4.78, 5) is 14.8. The lowest BCUT2D eigenvalue weighted by molar-refractivity contribution is -0.0930. The van der Waals surface area contributed by atoms with E-state index >= 15 is 0 Å². The van der Waals surface area contributed by atoms with Crippen LogP contribution in [-0.2, 0) is 16.9 Å². The van der Waals surface area contributed by atoms with E-state index in [0.29, 0.717) is 38.2 Å². The second-order valence-corrected chi connectivity index (χ2v) is 6.45. The average molecular weight is 338 g/mol. The van der Waals surface area contributed by atoms with E-state index in [1.165, 1.54) is 0 Å². The van der Waals surface area contributed by atoms with Gasteiger partial charge in [0.2, 0.25) is 0 Å². The zero-order valence-corrected chi connectivity index (χ0v) is 14.6. The van der Waals surface area contributed by atoms with Gasteiger partial charge in [-0.3, -0.25) is 9.48 Å². The third-order valence-electron chi connectivity index (χ3n) is 4.72. The van der Waals surface area contributed by atoms with E-state index < -0.39 is 5.60 Å². The van der Waals surface area contributed by atoms with Crippen LogP contribution in [0.1, 0.15) is 35.0 Å². The number of hydrogen-bond acceptors (Lipinski definition) is 4. The van der Waals surface area contributed by atoms with Crippen molar-refractivity contribution >= 4 is 5.91 Å². The molecule has 1 unspecified atom stereocenters. The largest absolute Gasteiger partial charge is 0.367 e. The molecule has 3 rings (SSSR count). The van der Waals surface area contributed by atoms with Crippen molar-refractivity contribution in [2.45, 2.75) is 32.4 Å². The van der Waals surface area contributed by atoms with Gasteiger partial charge in [-0.05, 0) is 19.4 Å². The third-order valence-corrected chi connectivity index (χ3v) is 4.72. The Labute approximate surface area is 147 Å². The highest BCUT2D eigenvalue weighted by atomic mass is 16.5. The first kappa shape index (κ1) is 17.2. The zero-order valence-electron chi connectivity index (χ0n) is 14.6. The van der Waals surface area contributed by atoms with E-state index in [0.717, 1.165) is 11.3 Å². The number of ether oxygens (including phenoxy) is 1. The lowest BCUT2D eigenvalue weighted by Crippen LogP contribution is -2.50. The van der Waals surface area contributed by atoms with E-state index in [1.54, 1.807) is 10.9 Å². The summed E-state index contributed by atoms with van der Waals surface area (Å²) in [5.41, 5.74) is 1.94. The van der Waals surface area contributed by atoms with Crippen LogP contribution in [0.25, 0.3) is 0 Å². The summed E-state index contributed by atoms with van der Waals surface area (Å²) in [6.07, 6.45) is 1.98. The minimum atomic E-state index is -0.514. The number of rotatable bonds is 4. The monoisotopic (exact) mass is 338 g/mol. The topological polar surface area (TPSA) is 71.2 Å². The summed E-state index contributed by atoms with van der Waals surface area (Å²) in [6, 6.07) is 12.1. The molecule has 0 N–H and O–H groups in total. The first-order chi connectivity index (χ1) is 12.0. The van der Waals surface area contributed by atoms with Crippen LogP contribution in [0.4, 0.5) is 0 Å². The lowest BCUT2D eigenvalue weighted by Gasteiger charge is -2.40. The van der Waals surface area contributed by atoms with Gasteiger partial charge in [0.25, 0.3) is 5.91 Å². The Morgan fingerprint density at radius 2 is 2.16 bits per heavy atom. The van der Waals surface area contributed by atoms with Crippen molar-refractivity contribution < 1.29 is 9.53 Å². The van der Waals surface area contributed by atoms with Crippen LogP contribution in [0.3, 0.4) is 0 Å². The van der Waals surface area contributed by atoms with Gasteiger partial charge in [0.05, 0.1) is 43.9 Å². The van der Waals surface area contributed by atoms with Gasteiger partial charge in [0, 0.05) is 12.2 Å². The molecule has 1 aromatic heterocycles. The van der Waals surface area contributed by atoms with Crippen molar-refractivity contribution in [1.29, 1.82) is 5.26 Å².